The molecule has 0 aromatic carbocycles. The van der Waals surface area contributed by atoms with Gasteiger partial charge < -0.3 is 10.1 Å². The molecule has 1 N–H and O–H groups in total. The van der Waals surface area contributed by atoms with Crippen LogP contribution in [0.25, 0.3) is 0 Å². The van der Waals surface area contributed by atoms with Crippen LogP contribution >= 0.6 is 0 Å². The third-order valence-corrected chi connectivity index (χ3v) is 4.06. The Balaban J connectivity index is 1.63. The van der Waals surface area contributed by atoms with Crippen molar-refractivity contribution in [2.75, 3.05) is 13.1 Å². The zero-order valence-corrected chi connectivity index (χ0v) is 9.80. The Morgan fingerprint density at radius 2 is 2.33 bits per heavy atom. The van der Waals surface area contributed by atoms with Crippen molar-refractivity contribution in [3.05, 3.63) is 12.3 Å². The third-order valence-electron chi connectivity index (χ3n) is 4.06. The van der Waals surface area contributed by atoms with Gasteiger partial charge in [-0.3, -0.25) is 0 Å². The van der Waals surface area contributed by atoms with E-state index in [1.165, 1.54) is 45.1 Å². The fourth-order valence-electron chi connectivity index (χ4n) is 2.57. The lowest BCUT2D eigenvalue weighted by Crippen LogP contribution is -2.42. The minimum atomic E-state index is 0.406. The van der Waals surface area contributed by atoms with Crippen molar-refractivity contribution in [1.29, 1.82) is 0 Å². The first kappa shape index (κ1) is 11.0. The molecule has 0 aromatic rings. The van der Waals surface area contributed by atoms with E-state index < -0.39 is 0 Å². The largest absolute Gasteiger partial charge is 0.497 e. The molecule has 2 nitrogen and oxygen atoms in total. The molecule has 0 saturated heterocycles. The lowest BCUT2D eigenvalue weighted by atomic mass is 9.67. The molecule has 0 aromatic heterocycles. The molecule has 1 unspecified atom stereocenters. The van der Waals surface area contributed by atoms with Crippen LogP contribution in [0.5, 0.6) is 0 Å². The maximum absolute atomic E-state index is 5.53. The second kappa shape index (κ2) is 5.02. The molecule has 1 aliphatic carbocycles. The molecule has 86 valence electrons. The van der Waals surface area contributed by atoms with Crippen molar-refractivity contribution >= 4 is 0 Å². The van der Waals surface area contributed by atoms with Gasteiger partial charge in [-0.2, -0.15) is 0 Å². The van der Waals surface area contributed by atoms with Crippen LogP contribution in [0, 0.1) is 5.41 Å². The quantitative estimate of drug-likeness (QED) is 0.751. The van der Waals surface area contributed by atoms with E-state index in [1.807, 2.05) is 6.26 Å². The maximum Gasteiger partial charge on any atom is 0.110 e. The molecule has 2 heteroatoms. The van der Waals surface area contributed by atoms with Crippen molar-refractivity contribution in [1.82, 2.24) is 5.32 Å². The highest BCUT2D eigenvalue weighted by atomic mass is 16.5. The predicted molar refractivity (Wildman–Crippen MR) is 62.7 cm³/mol. The molecule has 0 amide bonds. The molecule has 1 heterocycles. The van der Waals surface area contributed by atoms with Crippen LogP contribution in [-0.4, -0.2) is 19.2 Å². The second-order valence-electron chi connectivity index (χ2n) is 5.05. The molecule has 0 spiro atoms. The summed E-state index contributed by atoms with van der Waals surface area (Å²) < 4.78 is 5.53. The first-order valence-electron chi connectivity index (χ1n) is 6.36. The Kier molecular flexibility index (Phi) is 3.68. The molecule has 2 aliphatic rings. The van der Waals surface area contributed by atoms with Crippen molar-refractivity contribution in [2.45, 2.75) is 51.6 Å². The van der Waals surface area contributed by atoms with Gasteiger partial charge in [-0.05, 0) is 43.6 Å². The summed E-state index contributed by atoms with van der Waals surface area (Å²) in [4.78, 5) is 0. The first-order valence-corrected chi connectivity index (χ1v) is 6.36. The molecular formula is C13H23NO. The van der Waals surface area contributed by atoms with Crippen molar-refractivity contribution < 1.29 is 4.74 Å². The van der Waals surface area contributed by atoms with Crippen LogP contribution in [0.2, 0.25) is 0 Å². The fraction of sp³-hybridized carbons (Fsp3) is 0.846. The van der Waals surface area contributed by atoms with Crippen molar-refractivity contribution in [3.63, 3.8) is 0 Å². The SMILES string of the molecule is CCC1(CNCC2CCC=CO2)CCC1. The molecule has 15 heavy (non-hydrogen) atoms. The average molecular weight is 209 g/mol. The monoisotopic (exact) mass is 209 g/mol. The van der Waals surface area contributed by atoms with E-state index in [2.05, 4.69) is 18.3 Å². The van der Waals surface area contributed by atoms with Crippen molar-refractivity contribution in [2.24, 2.45) is 5.41 Å². The van der Waals surface area contributed by atoms with E-state index >= 15 is 0 Å². The number of hydrogen-bond donors (Lipinski definition) is 1. The normalized spacial score (nSPS) is 28.2. The van der Waals surface area contributed by atoms with Gasteiger partial charge in [0, 0.05) is 13.1 Å². The van der Waals surface area contributed by atoms with E-state index in [4.69, 9.17) is 4.74 Å². The average Bonchev–Trinajstić information content (AvgIpc) is 2.24. The molecule has 2 rings (SSSR count). The molecule has 0 radical (unpaired) electrons. The first-order chi connectivity index (χ1) is 7.35. The van der Waals surface area contributed by atoms with E-state index in [0.29, 0.717) is 11.5 Å². The van der Waals surface area contributed by atoms with Crippen LogP contribution in [0.1, 0.15) is 45.4 Å². The van der Waals surface area contributed by atoms with E-state index in [-0.39, 0.29) is 0 Å². The number of allylic oxidation sites excluding steroid dienone is 1. The van der Waals surface area contributed by atoms with E-state index in [0.717, 1.165) is 6.54 Å². The van der Waals surface area contributed by atoms with Crippen LogP contribution in [0.3, 0.4) is 0 Å². The summed E-state index contributed by atoms with van der Waals surface area (Å²) in [6, 6.07) is 0. The Bertz CT molecular complexity index is 215. The minimum absolute atomic E-state index is 0.406. The summed E-state index contributed by atoms with van der Waals surface area (Å²) in [6.45, 7) is 4.53. The Morgan fingerprint density at radius 3 is 2.87 bits per heavy atom. The summed E-state index contributed by atoms with van der Waals surface area (Å²) in [5, 5.41) is 3.59. The highest BCUT2D eigenvalue weighted by molar-refractivity contribution is 4.89. The van der Waals surface area contributed by atoms with E-state index in [1.54, 1.807) is 0 Å². The van der Waals surface area contributed by atoms with Gasteiger partial charge in [0.1, 0.15) is 6.10 Å². The van der Waals surface area contributed by atoms with Crippen LogP contribution in [0.4, 0.5) is 0 Å². The highest BCUT2D eigenvalue weighted by Crippen LogP contribution is 2.42. The summed E-state index contributed by atoms with van der Waals surface area (Å²) in [5.41, 5.74) is 0.629. The zero-order valence-electron chi connectivity index (χ0n) is 9.80. The molecule has 0 bridgehead atoms. The summed E-state index contributed by atoms with van der Waals surface area (Å²) >= 11 is 0. The fourth-order valence-corrected chi connectivity index (χ4v) is 2.57. The number of ether oxygens (including phenoxy) is 1. The highest BCUT2D eigenvalue weighted by Gasteiger charge is 2.34. The Morgan fingerprint density at radius 1 is 1.47 bits per heavy atom. The lowest BCUT2D eigenvalue weighted by Gasteiger charge is -2.41. The Hall–Kier alpha value is -0.500. The number of nitrogens with one attached hydrogen (secondary N) is 1. The second-order valence-corrected chi connectivity index (χ2v) is 5.05. The lowest BCUT2D eigenvalue weighted by molar-refractivity contribution is 0.0950. The van der Waals surface area contributed by atoms with Gasteiger partial charge >= 0.3 is 0 Å². The maximum atomic E-state index is 5.53. The molecular weight excluding hydrogens is 186 g/mol. The zero-order chi connectivity index (χ0) is 10.6. The van der Waals surface area contributed by atoms with Gasteiger partial charge in [0.05, 0.1) is 6.26 Å². The van der Waals surface area contributed by atoms with Gasteiger partial charge in [0.2, 0.25) is 0 Å². The number of hydrogen-bond acceptors (Lipinski definition) is 2. The molecule has 1 fully saturated rings. The van der Waals surface area contributed by atoms with E-state index in [9.17, 15) is 0 Å². The van der Waals surface area contributed by atoms with Gasteiger partial charge in [0.25, 0.3) is 0 Å². The van der Waals surface area contributed by atoms with Crippen LogP contribution in [0.15, 0.2) is 12.3 Å². The predicted octanol–water partition coefficient (Wildman–Crippen LogP) is 2.85. The van der Waals surface area contributed by atoms with Crippen LogP contribution in [-0.2, 0) is 4.74 Å². The topological polar surface area (TPSA) is 21.3 Å². The number of rotatable bonds is 5. The standard InChI is InChI=1S/C13H23NO/c1-2-13(7-5-8-13)11-14-10-12-6-3-4-9-15-12/h4,9,12,14H,2-3,5-8,10-11H2,1H3. The summed E-state index contributed by atoms with van der Waals surface area (Å²) in [5.74, 6) is 0. The van der Waals surface area contributed by atoms with Crippen LogP contribution < -0.4 is 5.32 Å². The summed E-state index contributed by atoms with van der Waals surface area (Å²) in [7, 11) is 0. The Labute approximate surface area is 93.1 Å². The van der Waals surface area contributed by atoms with Gasteiger partial charge in [-0.25, -0.2) is 0 Å². The smallest absolute Gasteiger partial charge is 0.110 e. The summed E-state index contributed by atoms with van der Waals surface area (Å²) in [6.07, 6.45) is 12.3. The van der Waals surface area contributed by atoms with Gasteiger partial charge in [0.15, 0.2) is 0 Å². The minimum Gasteiger partial charge on any atom is -0.497 e. The third kappa shape index (κ3) is 2.75. The van der Waals surface area contributed by atoms with Crippen molar-refractivity contribution in [3.8, 4) is 0 Å². The molecule has 1 atom stereocenters. The van der Waals surface area contributed by atoms with Gasteiger partial charge in [-0.15, -0.1) is 0 Å². The molecule has 1 aliphatic heterocycles. The van der Waals surface area contributed by atoms with Gasteiger partial charge in [-0.1, -0.05) is 13.3 Å². The molecule has 1 saturated carbocycles.